The summed E-state index contributed by atoms with van der Waals surface area (Å²) in [4.78, 5) is 35.1. The van der Waals surface area contributed by atoms with Crippen molar-refractivity contribution in [3.05, 3.63) is 11.1 Å². The molecule has 0 amide bonds. The van der Waals surface area contributed by atoms with Crippen LogP contribution in [0.15, 0.2) is 11.1 Å². The largest absolute Gasteiger partial charge is 0.452 e. The van der Waals surface area contributed by atoms with Crippen LogP contribution < -0.4 is 0 Å². The number of ether oxygens (including phenoxy) is 1. The topological polar surface area (TPSA) is 80.7 Å². The van der Waals surface area contributed by atoms with Crippen LogP contribution in [-0.4, -0.2) is 35.4 Å². The summed E-state index contributed by atoms with van der Waals surface area (Å²) in [7, 11) is 0. The summed E-state index contributed by atoms with van der Waals surface area (Å²) in [5.74, 6) is -0.484. The first-order valence-electron chi connectivity index (χ1n) is 7.62. The zero-order valence-corrected chi connectivity index (χ0v) is 13.4. The molecule has 1 N–H and O–H groups in total. The van der Waals surface area contributed by atoms with Crippen LogP contribution in [0.5, 0.6) is 0 Å². The Morgan fingerprint density at radius 1 is 1.27 bits per heavy atom. The first-order chi connectivity index (χ1) is 10.1. The Balaban J connectivity index is 2.28. The van der Waals surface area contributed by atoms with E-state index >= 15 is 0 Å². The van der Waals surface area contributed by atoms with Crippen LogP contribution in [-0.2, 0) is 19.1 Å². The molecule has 0 radical (unpaired) electrons. The smallest absolute Gasteiger partial charge is 0.303 e. The number of aliphatic hydroxyl groups is 1. The van der Waals surface area contributed by atoms with Gasteiger partial charge in [0.05, 0.1) is 5.41 Å². The Bertz CT molecular complexity index is 619. The third-order valence-electron chi connectivity index (χ3n) is 5.94. The summed E-state index contributed by atoms with van der Waals surface area (Å²) in [5.41, 5.74) is -2.00. The first-order valence-corrected chi connectivity index (χ1v) is 7.62. The minimum atomic E-state index is -1.18. The monoisotopic (exact) mass is 306 g/mol. The fraction of sp³-hybridized carbons (Fsp3) is 0.706. The van der Waals surface area contributed by atoms with Gasteiger partial charge in [-0.1, -0.05) is 20.8 Å². The maximum Gasteiger partial charge on any atom is 0.303 e. The first kappa shape index (κ1) is 15.4. The maximum atomic E-state index is 11.8. The fourth-order valence-corrected chi connectivity index (χ4v) is 4.98. The summed E-state index contributed by atoms with van der Waals surface area (Å²) in [5, 5.41) is 11.0. The van der Waals surface area contributed by atoms with E-state index in [0.29, 0.717) is 30.4 Å². The Hall–Kier alpha value is -1.49. The van der Waals surface area contributed by atoms with E-state index in [1.54, 1.807) is 6.92 Å². The molecule has 22 heavy (non-hydrogen) atoms. The van der Waals surface area contributed by atoms with E-state index in [4.69, 9.17) is 4.74 Å². The van der Waals surface area contributed by atoms with Crippen molar-refractivity contribution < 1.29 is 24.2 Å². The van der Waals surface area contributed by atoms with E-state index in [0.717, 1.165) is 12.6 Å². The molecule has 4 atom stereocenters. The summed E-state index contributed by atoms with van der Waals surface area (Å²) in [6, 6.07) is 0. The highest BCUT2D eigenvalue weighted by atomic mass is 16.6. The van der Waals surface area contributed by atoms with E-state index in [2.05, 4.69) is 0 Å². The van der Waals surface area contributed by atoms with E-state index in [-0.39, 0.29) is 5.41 Å². The van der Waals surface area contributed by atoms with Gasteiger partial charge >= 0.3 is 5.97 Å². The van der Waals surface area contributed by atoms with Gasteiger partial charge in [0.2, 0.25) is 0 Å². The second-order valence-electron chi connectivity index (χ2n) is 8.10. The minimum absolute atomic E-state index is 0.211. The van der Waals surface area contributed by atoms with Crippen LogP contribution in [0.2, 0.25) is 0 Å². The number of allylic oxidation sites excluding steroid dienone is 1. The average Bonchev–Trinajstić information content (AvgIpc) is 2.93. The predicted molar refractivity (Wildman–Crippen MR) is 77.8 cm³/mol. The number of esters is 1. The van der Waals surface area contributed by atoms with Crippen molar-refractivity contribution in [3.8, 4) is 0 Å². The van der Waals surface area contributed by atoms with E-state index < -0.39 is 28.5 Å². The molecule has 0 aromatic carbocycles. The van der Waals surface area contributed by atoms with Crippen LogP contribution in [0.1, 0.15) is 47.0 Å². The normalized spacial score (nSPS) is 44.9. The van der Waals surface area contributed by atoms with E-state index in [1.165, 1.54) is 6.92 Å². The molecule has 3 rings (SSSR count). The van der Waals surface area contributed by atoms with Gasteiger partial charge in [-0.2, -0.15) is 0 Å². The van der Waals surface area contributed by atoms with Crippen LogP contribution in [0, 0.1) is 16.2 Å². The molecule has 0 aromatic heterocycles. The van der Waals surface area contributed by atoms with Gasteiger partial charge in [0.1, 0.15) is 18.7 Å². The van der Waals surface area contributed by atoms with E-state index in [9.17, 15) is 19.5 Å². The molecule has 0 unspecified atom stereocenters. The van der Waals surface area contributed by atoms with Crippen molar-refractivity contribution in [3.63, 3.8) is 0 Å². The maximum absolute atomic E-state index is 11.8. The number of hydrogen-bond acceptors (Lipinski definition) is 5. The highest BCUT2D eigenvalue weighted by molar-refractivity contribution is 5.91. The van der Waals surface area contributed by atoms with Crippen LogP contribution in [0.4, 0.5) is 0 Å². The molecule has 2 saturated carbocycles. The van der Waals surface area contributed by atoms with Gasteiger partial charge in [0.15, 0.2) is 5.60 Å². The molecule has 0 aromatic rings. The van der Waals surface area contributed by atoms with Gasteiger partial charge in [-0.3, -0.25) is 9.59 Å². The van der Waals surface area contributed by atoms with Crippen molar-refractivity contribution in [1.82, 2.24) is 0 Å². The molecular formula is C17H22O5. The number of carbonyl (C=O) groups is 3. The van der Waals surface area contributed by atoms with Crippen molar-refractivity contribution in [1.29, 1.82) is 0 Å². The minimum Gasteiger partial charge on any atom is -0.452 e. The Labute approximate surface area is 129 Å². The molecule has 3 aliphatic rings. The number of hydrogen-bond donors (Lipinski definition) is 1. The fourth-order valence-electron chi connectivity index (χ4n) is 4.98. The summed E-state index contributed by atoms with van der Waals surface area (Å²) in [6.07, 6.45) is 1.95. The molecule has 0 aliphatic heterocycles. The zero-order valence-electron chi connectivity index (χ0n) is 13.4. The lowest BCUT2D eigenvalue weighted by molar-refractivity contribution is -0.174. The van der Waals surface area contributed by atoms with Crippen LogP contribution in [0.25, 0.3) is 0 Å². The number of aliphatic hydroxyl groups excluding tert-OH is 1. The second-order valence-corrected chi connectivity index (χ2v) is 8.10. The molecule has 3 aliphatic carbocycles. The van der Waals surface area contributed by atoms with Gasteiger partial charge in [-0.25, -0.2) is 0 Å². The van der Waals surface area contributed by atoms with Crippen LogP contribution >= 0.6 is 0 Å². The third kappa shape index (κ3) is 1.55. The number of carbonyl (C=O) groups excluding carboxylic acids is 3. The zero-order chi connectivity index (χ0) is 16.6. The lowest BCUT2D eigenvalue weighted by atomic mass is 9.68. The van der Waals surface area contributed by atoms with Crippen molar-refractivity contribution in [2.24, 2.45) is 16.2 Å². The van der Waals surface area contributed by atoms with Gasteiger partial charge in [0, 0.05) is 17.9 Å². The SMILES string of the molecule is CC(=O)O[C@]12CC(C)(C)CC1=C(C=O)[C@@]1(C=O)C[C@@]1(C)[C@H]2O. The molecule has 120 valence electrons. The predicted octanol–water partition coefficient (Wildman–Crippen LogP) is 1.57. The number of rotatable bonds is 3. The quantitative estimate of drug-likeness (QED) is 0.632. The molecule has 0 saturated heterocycles. The highest BCUT2D eigenvalue weighted by Crippen LogP contribution is 2.76. The Kier molecular flexibility index (Phi) is 2.85. The number of aldehydes is 2. The molecule has 5 nitrogen and oxygen atoms in total. The molecule has 5 heteroatoms. The van der Waals surface area contributed by atoms with Crippen molar-refractivity contribution in [2.45, 2.75) is 58.7 Å². The van der Waals surface area contributed by atoms with Gasteiger partial charge in [0.25, 0.3) is 0 Å². The summed E-state index contributed by atoms with van der Waals surface area (Å²) < 4.78 is 5.61. The molecule has 0 spiro atoms. The lowest BCUT2D eigenvalue weighted by Crippen LogP contribution is -2.55. The van der Waals surface area contributed by atoms with Crippen molar-refractivity contribution in [2.75, 3.05) is 0 Å². The molecule has 0 bridgehead atoms. The lowest BCUT2D eigenvalue weighted by Gasteiger charge is -2.44. The van der Waals surface area contributed by atoms with Gasteiger partial charge in [-0.15, -0.1) is 0 Å². The summed E-state index contributed by atoms with van der Waals surface area (Å²) in [6.45, 7) is 7.13. The van der Waals surface area contributed by atoms with E-state index in [1.807, 2.05) is 13.8 Å². The van der Waals surface area contributed by atoms with Crippen LogP contribution in [0.3, 0.4) is 0 Å². The average molecular weight is 306 g/mol. The second kappa shape index (κ2) is 4.07. The third-order valence-corrected chi connectivity index (χ3v) is 5.94. The highest BCUT2D eigenvalue weighted by Gasteiger charge is 2.79. The summed E-state index contributed by atoms with van der Waals surface area (Å²) >= 11 is 0. The van der Waals surface area contributed by atoms with Gasteiger partial charge < -0.3 is 14.6 Å². The van der Waals surface area contributed by atoms with Gasteiger partial charge in [-0.05, 0) is 30.3 Å². The molecule has 0 heterocycles. The van der Waals surface area contributed by atoms with Crippen molar-refractivity contribution >= 4 is 18.5 Å². The molecule has 2 fully saturated rings. The standard InChI is InChI=1S/C17H22O5/c1-10(20)22-17-7-14(2,3)5-11(17)12(6-18)16(9-19)8-15(16,4)13(17)21/h6,9,13,21H,5,7-8H2,1-4H3/t13-,15+,16+,17-/m1/s1. The Morgan fingerprint density at radius 3 is 2.41 bits per heavy atom. The Morgan fingerprint density at radius 2 is 1.91 bits per heavy atom. The number of fused-ring (bicyclic) bond motifs is 2. The molecular weight excluding hydrogens is 284 g/mol.